The Kier molecular flexibility index (Phi) is 3.38. The van der Waals surface area contributed by atoms with Crippen LogP contribution in [0.3, 0.4) is 0 Å². The van der Waals surface area contributed by atoms with Crippen LogP contribution in [0.25, 0.3) is 17.8 Å². The molecular weight excluding hydrogens is 298 g/mol. The number of para-hydroxylation sites is 1. The van der Waals surface area contributed by atoms with Crippen LogP contribution in [0, 0.1) is 13.8 Å². The Morgan fingerprint density at radius 1 is 1.08 bits per heavy atom. The number of benzene rings is 1. The van der Waals surface area contributed by atoms with Crippen molar-refractivity contribution in [3.63, 3.8) is 0 Å². The highest BCUT2D eigenvalue weighted by molar-refractivity contribution is 5.76. The zero-order valence-corrected chi connectivity index (χ0v) is 14.0. The summed E-state index contributed by atoms with van der Waals surface area (Å²) in [6, 6.07) is 12.3. The maximum Gasteiger partial charge on any atom is 0.144 e. The van der Waals surface area contributed by atoms with Gasteiger partial charge in [-0.15, -0.1) is 0 Å². The Balaban J connectivity index is 1.93. The van der Waals surface area contributed by atoms with Crippen LogP contribution < -0.4 is 26.0 Å². The van der Waals surface area contributed by atoms with E-state index in [0.29, 0.717) is 0 Å². The van der Waals surface area contributed by atoms with Gasteiger partial charge in [0.15, 0.2) is 0 Å². The minimum Gasteiger partial charge on any atom is -0.494 e. The fourth-order valence-electron chi connectivity index (χ4n) is 3.07. The summed E-state index contributed by atoms with van der Waals surface area (Å²) in [5.74, 6) is 0.809. The number of nitrogens with one attached hydrogen (secondary N) is 2. The molecule has 24 heavy (non-hydrogen) atoms. The zero-order valence-electron chi connectivity index (χ0n) is 14.0. The molecule has 2 N–H and O–H groups in total. The minimum absolute atomic E-state index is 0.809. The molecule has 4 heteroatoms. The maximum atomic E-state index is 5.54. The molecule has 0 saturated heterocycles. The molecule has 0 unspecified atom stereocenters. The summed E-state index contributed by atoms with van der Waals surface area (Å²) in [5, 5.41) is 4.03. The van der Waals surface area contributed by atoms with Crippen LogP contribution in [-0.4, -0.2) is 17.1 Å². The van der Waals surface area contributed by atoms with Crippen LogP contribution in [0.15, 0.2) is 41.4 Å². The standard InChI is InChI=1S/C20H19N3O/c1-12-8-13(2)21-16(12)10-19-20(24-3)11-18(23-19)17-9-14-6-4-5-7-15(14)22-17/h4-11,21,23H,1-3H3/b18-17-,19-10-. The molecule has 4 rings (SSSR count). The van der Waals surface area contributed by atoms with E-state index in [4.69, 9.17) is 9.73 Å². The minimum atomic E-state index is 0.809. The Morgan fingerprint density at radius 3 is 2.62 bits per heavy atom. The molecule has 0 aliphatic carbocycles. The van der Waals surface area contributed by atoms with Gasteiger partial charge in [-0.05, 0) is 43.7 Å². The van der Waals surface area contributed by atoms with Crippen molar-refractivity contribution >= 4 is 17.8 Å². The van der Waals surface area contributed by atoms with E-state index in [1.54, 1.807) is 7.11 Å². The van der Waals surface area contributed by atoms with E-state index in [-0.39, 0.29) is 0 Å². The van der Waals surface area contributed by atoms with Crippen molar-refractivity contribution < 1.29 is 4.74 Å². The lowest BCUT2D eigenvalue weighted by Crippen LogP contribution is -2.19. The lowest BCUT2D eigenvalue weighted by Gasteiger charge is -1.94. The smallest absolute Gasteiger partial charge is 0.144 e. The lowest BCUT2D eigenvalue weighted by molar-refractivity contribution is 0.412. The summed E-state index contributed by atoms with van der Waals surface area (Å²) in [7, 11) is 1.69. The monoisotopic (exact) mass is 317 g/mol. The van der Waals surface area contributed by atoms with Gasteiger partial charge in [-0.1, -0.05) is 18.2 Å². The molecule has 120 valence electrons. The predicted octanol–water partition coefficient (Wildman–Crippen LogP) is 1.02. The average molecular weight is 317 g/mol. The number of rotatable bonds is 2. The van der Waals surface area contributed by atoms with E-state index in [0.717, 1.165) is 44.1 Å². The molecule has 2 aromatic heterocycles. The fourth-order valence-corrected chi connectivity index (χ4v) is 3.07. The van der Waals surface area contributed by atoms with Crippen molar-refractivity contribution in [3.8, 4) is 5.75 Å². The summed E-state index contributed by atoms with van der Waals surface area (Å²) >= 11 is 0. The third-order valence-corrected chi connectivity index (χ3v) is 4.25. The Bertz CT molecular complexity index is 1130. The lowest BCUT2D eigenvalue weighted by atomic mass is 10.2. The average Bonchev–Trinajstić information content (AvgIpc) is 3.24. The highest BCUT2D eigenvalue weighted by atomic mass is 16.5. The first-order valence-corrected chi connectivity index (χ1v) is 7.95. The van der Waals surface area contributed by atoms with Gasteiger partial charge >= 0.3 is 0 Å². The topological polar surface area (TPSA) is 53.2 Å². The van der Waals surface area contributed by atoms with Gasteiger partial charge in [0.25, 0.3) is 0 Å². The first-order valence-electron chi connectivity index (χ1n) is 7.95. The number of aromatic nitrogens is 2. The quantitative estimate of drug-likeness (QED) is 0.728. The molecule has 0 bridgehead atoms. The molecule has 1 aromatic carbocycles. The van der Waals surface area contributed by atoms with E-state index in [1.165, 1.54) is 5.56 Å². The molecule has 0 saturated carbocycles. The summed E-state index contributed by atoms with van der Waals surface area (Å²) in [5.41, 5.74) is 4.37. The van der Waals surface area contributed by atoms with Gasteiger partial charge in [0, 0.05) is 22.7 Å². The molecule has 4 nitrogen and oxygen atoms in total. The van der Waals surface area contributed by atoms with Crippen molar-refractivity contribution in [1.29, 1.82) is 0 Å². The van der Waals surface area contributed by atoms with Crippen LogP contribution in [0.5, 0.6) is 5.75 Å². The molecule has 3 heterocycles. The molecule has 0 amide bonds. The van der Waals surface area contributed by atoms with Gasteiger partial charge in [0.1, 0.15) is 5.75 Å². The Hall–Kier alpha value is -3.01. The van der Waals surface area contributed by atoms with Crippen LogP contribution >= 0.6 is 0 Å². The third kappa shape index (κ3) is 2.46. The van der Waals surface area contributed by atoms with E-state index in [1.807, 2.05) is 24.3 Å². The Labute approximate surface area is 139 Å². The third-order valence-electron chi connectivity index (χ3n) is 4.25. The zero-order chi connectivity index (χ0) is 16.7. The van der Waals surface area contributed by atoms with Crippen molar-refractivity contribution in [1.82, 2.24) is 9.97 Å². The summed E-state index contributed by atoms with van der Waals surface area (Å²) < 4.78 is 5.54. The normalized spacial score (nSPS) is 15.9. The second-order valence-electron chi connectivity index (χ2n) is 6.06. The number of aryl methyl sites for hydroxylation is 2. The first-order chi connectivity index (χ1) is 11.6. The highest BCUT2D eigenvalue weighted by Crippen LogP contribution is 2.10. The van der Waals surface area contributed by atoms with Crippen LogP contribution in [0.4, 0.5) is 0 Å². The molecule has 0 radical (unpaired) electrons. The second-order valence-corrected chi connectivity index (χ2v) is 6.06. The van der Waals surface area contributed by atoms with Crippen LogP contribution in [-0.2, 0) is 0 Å². The number of hydrogen-bond acceptors (Lipinski definition) is 2. The van der Waals surface area contributed by atoms with Gasteiger partial charge in [-0.2, -0.15) is 0 Å². The van der Waals surface area contributed by atoms with Gasteiger partial charge < -0.3 is 14.7 Å². The first kappa shape index (κ1) is 14.6. The van der Waals surface area contributed by atoms with Crippen LogP contribution in [0.2, 0.25) is 0 Å². The number of fused-ring (bicyclic) bond motifs is 1. The van der Waals surface area contributed by atoms with E-state index in [2.05, 4.69) is 48.1 Å². The molecule has 0 spiro atoms. The number of H-pyrrole nitrogens is 2. The number of methoxy groups -OCH3 is 1. The summed E-state index contributed by atoms with van der Waals surface area (Å²) in [4.78, 5) is 11.5. The van der Waals surface area contributed by atoms with Gasteiger partial charge in [0.05, 0.1) is 28.9 Å². The molecule has 1 aliphatic rings. The number of aromatic amines is 2. The van der Waals surface area contributed by atoms with E-state index in [9.17, 15) is 0 Å². The molecule has 3 aromatic rings. The van der Waals surface area contributed by atoms with Crippen molar-refractivity contribution in [2.75, 3.05) is 7.11 Å². The maximum absolute atomic E-state index is 5.54. The largest absolute Gasteiger partial charge is 0.494 e. The molecule has 0 atom stereocenters. The predicted molar refractivity (Wildman–Crippen MR) is 95.5 cm³/mol. The summed E-state index contributed by atoms with van der Waals surface area (Å²) in [6.07, 6.45) is 4.17. The summed E-state index contributed by atoms with van der Waals surface area (Å²) in [6.45, 7) is 4.15. The van der Waals surface area contributed by atoms with Gasteiger partial charge in [-0.3, -0.25) is 0 Å². The second kappa shape index (κ2) is 5.57. The van der Waals surface area contributed by atoms with Crippen molar-refractivity contribution in [3.05, 3.63) is 74.6 Å². The highest BCUT2D eigenvalue weighted by Gasteiger charge is 2.06. The molecular formula is C20H19N3O. The number of hydrogen-bond donors (Lipinski definition) is 2. The number of ether oxygens (including phenoxy) is 1. The van der Waals surface area contributed by atoms with E-state index < -0.39 is 0 Å². The fraction of sp³-hybridized carbons (Fsp3) is 0.150. The van der Waals surface area contributed by atoms with Gasteiger partial charge in [0.2, 0.25) is 0 Å². The van der Waals surface area contributed by atoms with Crippen LogP contribution in [0.1, 0.15) is 17.0 Å². The molecule has 0 fully saturated rings. The van der Waals surface area contributed by atoms with Crippen molar-refractivity contribution in [2.24, 2.45) is 4.99 Å². The Morgan fingerprint density at radius 2 is 1.92 bits per heavy atom. The molecule has 1 aliphatic heterocycles. The van der Waals surface area contributed by atoms with E-state index >= 15 is 0 Å². The number of nitrogens with zero attached hydrogens (tertiary/aromatic N) is 1. The van der Waals surface area contributed by atoms with Crippen molar-refractivity contribution in [2.45, 2.75) is 13.8 Å². The van der Waals surface area contributed by atoms with Gasteiger partial charge in [-0.25, -0.2) is 4.99 Å². The SMILES string of the molecule is COc1c/c(=C2\C=c3ccccc3=N2)[nH]/c1=C\c1[nH]c(C)cc1C.